The first kappa shape index (κ1) is 12.7. The van der Waals surface area contributed by atoms with Crippen molar-refractivity contribution in [2.75, 3.05) is 13.0 Å². The van der Waals surface area contributed by atoms with Crippen LogP contribution < -0.4 is 0 Å². The van der Waals surface area contributed by atoms with Crippen molar-refractivity contribution in [3.05, 3.63) is 41.2 Å². The molecule has 0 heterocycles. The number of benzene rings is 1. The summed E-state index contributed by atoms with van der Waals surface area (Å²) >= 11 is 5.51. The Bertz CT molecular complexity index is 402. The highest BCUT2D eigenvalue weighted by Crippen LogP contribution is 2.13. The second kappa shape index (κ2) is 6.28. The molecule has 4 heteroatoms. The first-order chi connectivity index (χ1) is 7.69. The molecule has 1 aromatic carbocycles. The van der Waals surface area contributed by atoms with Gasteiger partial charge in [-0.2, -0.15) is 0 Å². The fraction of sp³-hybridized carbons (Fsp3) is 0.250. The molecule has 0 aliphatic rings. The van der Waals surface area contributed by atoms with E-state index in [-0.39, 0.29) is 5.56 Å². The SMILES string of the molecule is COC(=O)c1cc(C=CCCCl)ccc1F. The minimum absolute atomic E-state index is 0.0597. The van der Waals surface area contributed by atoms with Gasteiger partial charge in [-0.05, 0) is 24.1 Å². The van der Waals surface area contributed by atoms with E-state index in [1.165, 1.54) is 19.2 Å². The van der Waals surface area contributed by atoms with Gasteiger partial charge in [-0.25, -0.2) is 9.18 Å². The lowest BCUT2D eigenvalue weighted by Crippen LogP contribution is -2.04. The number of rotatable bonds is 4. The van der Waals surface area contributed by atoms with Crippen molar-refractivity contribution in [2.45, 2.75) is 6.42 Å². The van der Waals surface area contributed by atoms with E-state index >= 15 is 0 Å². The van der Waals surface area contributed by atoms with E-state index in [2.05, 4.69) is 4.74 Å². The maximum absolute atomic E-state index is 13.2. The molecule has 0 saturated heterocycles. The summed E-state index contributed by atoms with van der Waals surface area (Å²) in [4.78, 5) is 11.2. The number of hydrogen-bond acceptors (Lipinski definition) is 2. The molecule has 0 aliphatic carbocycles. The molecule has 0 radical (unpaired) electrons. The number of ether oxygens (including phenoxy) is 1. The normalized spacial score (nSPS) is 10.7. The molecule has 0 amide bonds. The highest BCUT2D eigenvalue weighted by Gasteiger charge is 2.11. The monoisotopic (exact) mass is 242 g/mol. The molecule has 2 nitrogen and oxygen atoms in total. The Morgan fingerprint density at radius 2 is 2.31 bits per heavy atom. The van der Waals surface area contributed by atoms with E-state index in [1.54, 1.807) is 12.1 Å². The van der Waals surface area contributed by atoms with Crippen LogP contribution >= 0.6 is 11.6 Å². The van der Waals surface area contributed by atoms with Crippen LogP contribution in [0.2, 0.25) is 0 Å². The zero-order valence-electron chi connectivity index (χ0n) is 8.87. The molecular weight excluding hydrogens is 231 g/mol. The molecule has 0 bridgehead atoms. The Morgan fingerprint density at radius 1 is 1.56 bits per heavy atom. The van der Waals surface area contributed by atoms with Crippen LogP contribution in [0.15, 0.2) is 24.3 Å². The summed E-state index contributed by atoms with van der Waals surface area (Å²) in [5.41, 5.74) is 0.683. The molecule has 1 aromatic rings. The maximum Gasteiger partial charge on any atom is 0.340 e. The van der Waals surface area contributed by atoms with Gasteiger partial charge < -0.3 is 4.74 Å². The first-order valence-corrected chi connectivity index (χ1v) is 5.33. The lowest BCUT2D eigenvalue weighted by Gasteiger charge is -2.02. The summed E-state index contributed by atoms with van der Waals surface area (Å²) in [5.74, 6) is -0.729. The summed E-state index contributed by atoms with van der Waals surface area (Å²) in [6, 6.07) is 4.28. The summed E-state index contributed by atoms with van der Waals surface area (Å²) < 4.78 is 17.7. The zero-order chi connectivity index (χ0) is 12.0. The molecule has 0 spiro atoms. The third kappa shape index (κ3) is 3.35. The number of methoxy groups -OCH3 is 1. The van der Waals surface area contributed by atoms with Crippen LogP contribution in [0.3, 0.4) is 0 Å². The van der Waals surface area contributed by atoms with Crippen molar-refractivity contribution in [1.82, 2.24) is 0 Å². The number of carbonyl (C=O) groups is 1. The second-order valence-electron chi connectivity index (χ2n) is 3.11. The molecule has 0 aromatic heterocycles. The quantitative estimate of drug-likeness (QED) is 0.598. The van der Waals surface area contributed by atoms with Gasteiger partial charge in [-0.1, -0.05) is 18.2 Å². The molecule has 0 atom stereocenters. The van der Waals surface area contributed by atoms with Crippen LogP contribution in [0.5, 0.6) is 0 Å². The minimum atomic E-state index is -0.676. The van der Waals surface area contributed by atoms with E-state index in [0.717, 1.165) is 12.0 Å². The fourth-order valence-corrected chi connectivity index (χ4v) is 1.32. The molecule has 0 N–H and O–H groups in total. The van der Waals surface area contributed by atoms with Gasteiger partial charge in [-0.3, -0.25) is 0 Å². The van der Waals surface area contributed by atoms with Crippen molar-refractivity contribution in [3.8, 4) is 0 Å². The van der Waals surface area contributed by atoms with Crippen molar-refractivity contribution in [2.24, 2.45) is 0 Å². The number of esters is 1. The van der Waals surface area contributed by atoms with Crippen LogP contribution in [0.4, 0.5) is 4.39 Å². The number of allylic oxidation sites excluding steroid dienone is 1. The first-order valence-electron chi connectivity index (χ1n) is 4.79. The van der Waals surface area contributed by atoms with Gasteiger partial charge >= 0.3 is 5.97 Å². The number of alkyl halides is 1. The third-order valence-electron chi connectivity index (χ3n) is 1.98. The Balaban J connectivity index is 2.93. The average Bonchev–Trinajstić information content (AvgIpc) is 2.30. The van der Waals surface area contributed by atoms with Gasteiger partial charge in [-0.15, -0.1) is 11.6 Å². The highest BCUT2D eigenvalue weighted by atomic mass is 35.5. The standard InChI is InChI=1S/C12H12ClFO2/c1-16-12(15)10-8-9(4-2-3-7-13)5-6-11(10)14/h2,4-6,8H,3,7H2,1H3. The lowest BCUT2D eigenvalue weighted by molar-refractivity contribution is 0.0595. The van der Waals surface area contributed by atoms with Gasteiger partial charge in [0.25, 0.3) is 0 Å². The lowest BCUT2D eigenvalue weighted by atomic mass is 10.1. The predicted octanol–water partition coefficient (Wildman–Crippen LogP) is 3.25. The summed E-state index contributed by atoms with van der Waals surface area (Å²) in [7, 11) is 1.22. The number of hydrogen-bond donors (Lipinski definition) is 0. The molecule has 86 valence electrons. The minimum Gasteiger partial charge on any atom is -0.465 e. The topological polar surface area (TPSA) is 26.3 Å². The predicted molar refractivity (Wildman–Crippen MR) is 62.1 cm³/mol. The van der Waals surface area contributed by atoms with Crippen LogP contribution in [-0.2, 0) is 4.74 Å². The van der Waals surface area contributed by atoms with E-state index < -0.39 is 11.8 Å². The number of halogens is 2. The zero-order valence-corrected chi connectivity index (χ0v) is 9.63. The second-order valence-corrected chi connectivity index (χ2v) is 3.49. The molecule has 0 saturated carbocycles. The fourth-order valence-electron chi connectivity index (χ4n) is 1.20. The van der Waals surface area contributed by atoms with E-state index in [4.69, 9.17) is 11.6 Å². The Morgan fingerprint density at radius 3 is 2.94 bits per heavy atom. The maximum atomic E-state index is 13.2. The van der Waals surface area contributed by atoms with Crippen LogP contribution in [-0.4, -0.2) is 19.0 Å². The average molecular weight is 243 g/mol. The Labute approximate surface area is 98.7 Å². The van der Waals surface area contributed by atoms with E-state index in [0.29, 0.717) is 5.88 Å². The van der Waals surface area contributed by atoms with Gasteiger partial charge in [0, 0.05) is 5.88 Å². The highest BCUT2D eigenvalue weighted by molar-refractivity contribution is 6.17. The molecule has 0 aliphatic heterocycles. The van der Waals surface area contributed by atoms with Crippen LogP contribution in [0, 0.1) is 5.82 Å². The van der Waals surface area contributed by atoms with Crippen LogP contribution in [0.1, 0.15) is 22.3 Å². The Hall–Kier alpha value is -1.35. The molecule has 0 unspecified atom stereocenters. The van der Waals surface area contributed by atoms with Crippen molar-refractivity contribution in [1.29, 1.82) is 0 Å². The van der Waals surface area contributed by atoms with Crippen molar-refractivity contribution >= 4 is 23.6 Å². The summed E-state index contributed by atoms with van der Waals surface area (Å²) in [5, 5.41) is 0. The molecular formula is C12H12ClFO2. The van der Waals surface area contributed by atoms with E-state index in [9.17, 15) is 9.18 Å². The van der Waals surface area contributed by atoms with Gasteiger partial charge in [0.05, 0.1) is 12.7 Å². The molecule has 16 heavy (non-hydrogen) atoms. The molecule has 1 rings (SSSR count). The smallest absolute Gasteiger partial charge is 0.340 e. The van der Waals surface area contributed by atoms with Crippen molar-refractivity contribution in [3.63, 3.8) is 0 Å². The van der Waals surface area contributed by atoms with Gasteiger partial charge in [0.2, 0.25) is 0 Å². The van der Waals surface area contributed by atoms with Gasteiger partial charge in [0.15, 0.2) is 0 Å². The number of carbonyl (C=O) groups excluding carboxylic acids is 1. The third-order valence-corrected chi connectivity index (χ3v) is 2.20. The molecule has 0 fully saturated rings. The Kier molecular flexibility index (Phi) is 4.99. The summed E-state index contributed by atoms with van der Waals surface area (Å²) in [6.45, 7) is 0. The van der Waals surface area contributed by atoms with Gasteiger partial charge in [0.1, 0.15) is 5.82 Å². The van der Waals surface area contributed by atoms with Crippen molar-refractivity contribution < 1.29 is 13.9 Å². The van der Waals surface area contributed by atoms with Crippen LogP contribution in [0.25, 0.3) is 6.08 Å². The summed E-state index contributed by atoms with van der Waals surface area (Å²) in [6.07, 6.45) is 4.38. The van der Waals surface area contributed by atoms with E-state index in [1.807, 2.05) is 6.08 Å². The largest absolute Gasteiger partial charge is 0.465 e.